The SMILES string of the molecule is CSc1nc(N)cc(NCCC(=O)N(C)C)n1. The first-order chi connectivity index (χ1) is 8.02. The Bertz CT molecular complexity index is 396. The quantitative estimate of drug-likeness (QED) is 0.594. The number of aromatic nitrogens is 2. The van der Waals surface area contributed by atoms with Gasteiger partial charge in [-0.1, -0.05) is 11.8 Å². The lowest BCUT2D eigenvalue weighted by Crippen LogP contribution is -2.24. The Hall–Kier alpha value is -1.50. The summed E-state index contributed by atoms with van der Waals surface area (Å²) >= 11 is 1.42. The zero-order chi connectivity index (χ0) is 12.8. The molecule has 1 rings (SSSR count). The highest BCUT2D eigenvalue weighted by Crippen LogP contribution is 2.14. The number of nitrogens with zero attached hydrogens (tertiary/aromatic N) is 3. The standard InChI is InChI=1S/C10H17N5OS/c1-15(2)9(16)4-5-12-8-6-7(11)13-10(14-8)17-3/h6H,4-5H2,1-3H3,(H3,11,12,13,14). The van der Waals surface area contributed by atoms with E-state index in [0.29, 0.717) is 29.8 Å². The van der Waals surface area contributed by atoms with Gasteiger partial charge in [0.05, 0.1) is 0 Å². The Kier molecular flexibility index (Phi) is 5.02. The van der Waals surface area contributed by atoms with Gasteiger partial charge in [0, 0.05) is 33.1 Å². The van der Waals surface area contributed by atoms with E-state index in [1.54, 1.807) is 25.1 Å². The van der Waals surface area contributed by atoms with Crippen LogP contribution in [0.4, 0.5) is 11.6 Å². The number of hydrogen-bond donors (Lipinski definition) is 2. The summed E-state index contributed by atoms with van der Waals surface area (Å²) in [5, 5.41) is 3.67. The van der Waals surface area contributed by atoms with Crippen LogP contribution in [0.3, 0.4) is 0 Å². The molecule has 1 amide bonds. The molecule has 94 valence electrons. The smallest absolute Gasteiger partial charge is 0.223 e. The maximum Gasteiger partial charge on any atom is 0.223 e. The highest BCUT2D eigenvalue weighted by molar-refractivity contribution is 7.98. The van der Waals surface area contributed by atoms with Crippen LogP contribution >= 0.6 is 11.8 Å². The van der Waals surface area contributed by atoms with Gasteiger partial charge in [0.15, 0.2) is 5.16 Å². The number of anilines is 2. The Morgan fingerprint density at radius 2 is 2.24 bits per heavy atom. The van der Waals surface area contributed by atoms with Gasteiger partial charge in [-0.15, -0.1) is 0 Å². The van der Waals surface area contributed by atoms with Crippen LogP contribution < -0.4 is 11.1 Å². The third-order valence-electron chi connectivity index (χ3n) is 2.05. The summed E-state index contributed by atoms with van der Waals surface area (Å²) in [4.78, 5) is 21.2. The van der Waals surface area contributed by atoms with E-state index in [0.717, 1.165) is 0 Å². The van der Waals surface area contributed by atoms with Crippen LogP contribution in [-0.4, -0.2) is 47.7 Å². The zero-order valence-corrected chi connectivity index (χ0v) is 11.0. The van der Waals surface area contributed by atoms with Gasteiger partial charge in [0.1, 0.15) is 11.6 Å². The summed E-state index contributed by atoms with van der Waals surface area (Å²) in [5.41, 5.74) is 5.64. The fraction of sp³-hybridized carbons (Fsp3) is 0.500. The van der Waals surface area contributed by atoms with Crippen molar-refractivity contribution >= 4 is 29.3 Å². The van der Waals surface area contributed by atoms with E-state index in [-0.39, 0.29) is 5.91 Å². The lowest BCUT2D eigenvalue weighted by molar-refractivity contribution is -0.128. The number of hydrogen-bond acceptors (Lipinski definition) is 6. The van der Waals surface area contributed by atoms with E-state index in [2.05, 4.69) is 15.3 Å². The highest BCUT2D eigenvalue weighted by atomic mass is 32.2. The number of carbonyl (C=O) groups is 1. The average molecular weight is 255 g/mol. The van der Waals surface area contributed by atoms with Gasteiger partial charge in [-0.25, -0.2) is 9.97 Å². The van der Waals surface area contributed by atoms with Crippen LogP contribution in [0.1, 0.15) is 6.42 Å². The van der Waals surface area contributed by atoms with Crippen LogP contribution in [-0.2, 0) is 4.79 Å². The Morgan fingerprint density at radius 3 is 2.82 bits per heavy atom. The number of nitrogens with two attached hydrogens (primary N) is 1. The molecule has 0 saturated carbocycles. The minimum atomic E-state index is 0.0737. The van der Waals surface area contributed by atoms with E-state index in [9.17, 15) is 4.79 Å². The Labute approximate surface area is 105 Å². The number of thioether (sulfide) groups is 1. The third kappa shape index (κ3) is 4.48. The summed E-state index contributed by atoms with van der Waals surface area (Å²) in [6.07, 6.45) is 2.31. The van der Waals surface area contributed by atoms with Crippen LogP contribution in [0.25, 0.3) is 0 Å². The van der Waals surface area contributed by atoms with E-state index < -0.39 is 0 Å². The fourth-order valence-corrected chi connectivity index (χ4v) is 1.53. The van der Waals surface area contributed by atoms with Gasteiger partial charge in [-0.3, -0.25) is 4.79 Å². The molecule has 0 aliphatic rings. The van der Waals surface area contributed by atoms with Gasteiger partial charge in [-0.2, -0.15) is 0 Å². The van der Waals surface area contributed by atoms with Crippen molar-refractivity contribution in [3.8, 4) is 0 Å². The van der Waals surface area contributed by atoms with Gasteiger partial charge in [0.25, 0.3) is 0 Å². The topological polar surface area (TPSA) is 84.1 Å². The van der Waals surface area contributed by atoms with Crippen molar-refractivity contribution in [1.82, 2.24) is 14.9 Å². The molecule has 0 unspecified atom stereocenters. The predicted octanol–water partition coefficient (Wildman–Crippen LogP) is 0.671. The average Bonchev–Trinajstić information content (AvgIpc) is 2.27. The molecule has 1 heterocycles. The number of rotatable bonds is 5. The molecule has 0 radical (unpaired) electrons. The number of carbonyl (C=O) groups excluding carboxylic acids is 1. The van der Waals surface area contributed by atoms with Crippen LogP contribution in [0, 0.1) is 0 Å². The number of amides is 1. The fourth-order valence-electron chi connectivity index (χ4n) is 1.15. The Morgan fingerprint density at radius 1 is 1.53 bits per heavy atom. The summed E-state index contributed by atoms with van der Waals surface area (Å²) in [6.45, 7) is 0.529. The third-order valence-corrected chi connectivity index (χ3v) is 2.60. The van der Waals surface area contributed by atoms with E-state index in [1.807, 2.05) is 6.26 Å². The van der Waals surface area contributed by atoms with Crippen molar-refractivity contribution in [3.05, 3.63) is 6.07 Å². The van der Waals surface area contributed by atoms with Crippen LogP contribution in [0.2, 0.25) is 0 Å². The molecule has 0 atom stereocenters. The number of nitrogens with one attached hydrogen (secondary N) is 1. The highest BCUT2D eigenvalue weighted by Gasteiger charge is 2.05. The molecule has 0 aliphatic heterocycles. The molecule has 17 heavy (non-hydrogen) atoms. The molecule has 7 heteroatoms. The van der Waals surface area contributed by atoms with E-state index in [1.165, 1.54) is 11.8 Å². The van der Waals surface area contributed by atoms with Gasteiger partial charge >= 0.3 is 0 Å². The lowest BCUT2D eigenvalue weighted by atomic mass is 10.4. The molecule has 3 N–H and O–H groups in total. The second kappa shape index (κ2) is 6.29. The van der Waals surface area contributed by atoms with Crippen molar-refractivity contribution in [2.75, 3.05) is 37.9 Å². The Balaban J connectivity index is 2.52. The van der Waals surface area contributed by atoms with Crippen molar-refractivity contribution in [3.63, 3.8) is 0 Å². The monoisotopic (exact) mass is 255 g/mol. The van der Waals surface area contributed by atoms with Crippen molar-refractivity contribution < 1.29 is 4.79 Å². The summed E-state index contributed by atoms with van der Waals surface area (Å²) in [6, 6.07) is 1.65. The molecule has 0 fully saturated rings. The second-order valence-electron chi connectivity index (χ2n) is 3.63. The molecule has 0 aromatic carbocycles. The van der Waals surface area contributed by atoms with Gasteiger partial charge in [-0.05, 0) is 6.26 Å². The molecule has 1 aromatic rings. The zero-order valence-electron chi connectivity index (χ0n) is 10.2. The molecule has 0 saturated heterocycles. The van der Waals surface area contributed by atoms with E-state index in [4.69, 9.17) is 5.73 Å². The second-order valence-corrected chi connectivity index (χ2v) is 4.40. The molecular formula is C10H17N5OS. The maximum atomic E-state index is 11.3. The van der Waals surface area contributed by atoms with Crippen molar-refractivity contribution in [2.45, 2.75) is 11.6 Å². The first-order valence-corrected chi connectivity index (χ1v) is 6.38. The van der Waals surface area contributed by atoms with E-state index >= 15 is 0 Å². The summed E-state index contributed by atoms with van der Waals surface area (Å²) < 4.78 is 0. The summed E-state index contributed by atoms with van der Waals surface area (Å²) in [7, 11) is 3.47. The first kappa shape index (κ1) is 13.6. The molecule has 1 aromatic heterocycles. The maximum absolute atomic E-state index is 11.3. The largest absolute Gasteiger partial charge is 0.383 e. The molecule has 0 spiro atoms. The molecule has 0 aliphatic carbocycles. The normalized spacial score (nSPS) is 10.1. The van der Waals surface area contributed by atoms with Gasteiger partial charge in [0.2, 0.25) is 5.91 Å². The lowest BCUT2D eigenvalue weighted by Gasteiger charge is -2.11. The van der Waals surface area contributed by atoms with Crippen molar-refractivity contribution in [1.29, 1.82) is 0 Å². The van der Waals surface area contributed by atoms with Crippen LogP contribution in [0.5, 0.6) is 0 Å². The van der Waals surface area contributed by atoms with Crippen LogP contribution in [0.15, 0.2) is 11.2 Å². The van der Waals surface area contributed by atoms with Crippen molar-refractivity contribution in [2.24, 2.45) is 0 Å². The first-order valence-electron chi connectivity index (χ1n) is 5.15. The van der Waals surface area contributed by atoms with Gasteiger partial charge < -0.3 is 16.0 Å². The minimum Gasteiger partial charge on any atom is -0.383 e. The number of nitrogen functional groups attached to an aromatic ring is 1. The minimum absolute atomic E-state index is 0.0737. The molecule has 0 bridgehead atoms. The summed E-state index contributed by atoms with van der Waals surface area (Å²) in [5.74, 6) is 1.14. The molecular weight excluding hydrogens is 238 g/mol. The molecule has 6 nitrogen and oxygen atoms in total. The predicted molar refractivity (Wildman–Crippen MR) is 70.0 cm³/mol.